The number of aromatic carboxylic acids is 1. The molecule has 0 spiro atoms. The summed E-state index contributed by atoms with van der Waals surface area (Å²) in [7, 11) is 0. The smallest absolute Gasteiger partial charge is 0.356 e. The van der Waals surface area contributed by atoms with Crippen molar-refractivity contribution in [2.24, 2.45) is 0 Å². The van der Waals surface area contributed by atoms with Crippen molar-refractivity contribution in [2.45, 2.75) is 13.3 Å². The highest BCUT2D eigenvalue weighted by atomic mass is 32.1. The number of rotatable bonds is 6. The van der Waals surface area contributed by atoms with E-state index in [9.17, 15) is 9.59 Å². The normalized spacial score (nSPS) is 10.4. The number of hydrogen-bond acceptors (Lipinski definition) is 8. The molecule has 0 saturated heterocycles. The second kappa shape index (κ2) is 5.57. The zero-order chi connectivity index (χ0) is 13.8. The number of carbonyl (C=O) groups is 2. The third-order valence-electron chi connectivity index (χ3n) is 2.17. The predicted octanol–water partition coefficient (Wildman–Crippen LogP) is 1.08. The topological polar surface area (TPSA) is 118 Å². The molecule has 9 heteroatoms. The van der Waals surface area contributed by atoms with Crippen LogP contribution in [0.3, 0.4) is 0 Å². The summed E-state index contributed by atoms with van der Waals surface area (Å²) in [4.78, 5) is 30.1. The van der Waals surface area contributed by atoms with E-state index < -0.39 is 5.97 Å². The van der Waals surface area contributed by atoms with Gasteiger partial charge in [0.2, 0.25) is 5.89 Å². The van der Waals surface area contributed by atoms with E-state index in [-0.39, 0.29) is 16.4 Å². The van der Waals surface area contributed by atoms with Gasteiger partial charge in [0.05, 0.1) is 0 Å². The predicted molar refractivity (Wildman–Crippen MR) is 65.6 cm³/mol. The Morgan fingerprint density at radius 1 is 1.53 bits per heavy atom. The molecular formula is C10H10N4O4S. The molecule has 0 unspecified atom stereocenters. The van der Waals surface area contributed by atoms with E-state index in [4.69, 9.17) is 9.63 Å². The Labute approximate surface area is 111 Å². The molecule has 0 radical (unpaired) electrons. The Bertz CT molecular complexity index is 561. The van der Waals surface area contributed by atoms with Crippen LogP contribution in [-0.2, 0) is 6.42 Å². The lowest BCUT2D eigenvalue weighted by Crippen LogP contribution is -2.06. The minimum Gasteiger partial charge on any atom is -0.476 e. The average Bonchev–Trinajstić information content (AvgIpc) is 2.97. The lowest BCUT2D eigenvalue weighted by molar-refractivity contribution is 0.0687. The van der Waals surface area contributed by atoms with Crippen LogP contribution in [-0.4, -0.2) is 38.5 Å². The van der Waals surface area contributed by atoms with Gasteiger partial charge in [0.15, 0.2) is 22.9 Å². The Morgan fingerprint density at radius 3 is 2.84 bits per heavy atom. The van der Waals surface area contributed by atoms with Gasteiger partial charge in [-0.3, -0.25) is 4.79 Å². The quantitative estimate of drug-likeness (QED) is 0.755. The van der Waals surface area contributed by atoms with Crippen molar-refractivity contribution < 1.29 is 19.2 Å². The molecule has 0 aliphatic carbocycles. The number of carboxylic acids is 1. The Hall–Kier alpha value is -2.29. The van der Waals surface area contributed by atoms with Gasteiger partial charge in [-0.25, -0.2) is 9.78 Å². The number of nitrogens with one attached hydrogen (secondary N) is 1. The molecule has 8 nitrogen and oxygen atoms in total. The van der Waals surface area contributed by atoms with Crippen LogP contribution >= 0.6 is 11.3 Å². The Kier molecular flexibility index (Phi) is 3.85. The molecule has 2 aromatic rings. The van der Waals surface area contributed by atoms with Crippen molar-refractivity contribution in [3.05, 3.63) is 22.8 Å². The van der Waals surface area contributed by atoms with Gasteiger partial charge >= 0.3 is 5.97 Å². The number of hydrogen-bond donors (Lipinski definition) is 2. The van der Waals surface area contributed by atoms with E-state index in [1.54, 1.807) is 0 Å². The lowest BCUT2D eigenvalue weighted by Gasteiger charge is -1.97. The fraction of sp³-hybridized carbons (Fsp3) is 0.300. The van der Waals surface area contributed by atoms with Gasteiger partial charge < -0.3 is 14.9 Å². The molecule has 2 N–H and O–H groups in total. The maximum Gasteiger partial charge on any atom is 0.356 e. The van der Waals surface area contributed by atoms with Gasteiger partial charge in [0.25, 0.3) is 0 Å². The maximum atomic E-state index is 11.3. The summed E-state index contributed by atoms with van der Waals surface area (Å²) >= 11 is 1.01. The van der Waals surface area contributed by atoms with E-state index in [1.807, 2.05) is 0 Å². The summed E-state index contributed by atoms with van der Waals surface area (Å²) in [6.45, 7) is 1.76. The highest BCUT2D eigenvalue weighted by Crippen LogP contribution is 2.23. The molecule has 0 amide bonds. The fourth-order valence-corrected chi connectivity index (χ4v) is 2.24. The molecule has 2 aromatic heterocycles. The SMILES string of the molecule is CC(=O)c1sc(NCCc2ncno2)nc1C(=O)O. The Morgan fingerprint density at radius 2 is 2.32 bits per heavy atom. The number of Topliss-reactive ketones (excluding diaryl/α,β-unsaturated/α-hetero) is 1. The maximum absolute atomic E-state index is 11.3. The van der Waals surface area contributed by atoms with E-state index in [2.05, 4.69) is 20.4 Å². The summed E-state index contributed by atoms with van der Waals surface area (Å²) in [5.41, 5.74) is -0.224. The lowest BCUT2D eigenvalue weighted by atomic mass is 10.3. The highest BCUT2D eigenvalue weighted by Gasteiger charge is 2.20. The van der Waals surface area contributed by atoms with Crippen molar-refractivity contribution in [1.29, 1.82) is 0 Å². The third-order valence-corrected chi connectivity index (χ3v) is 3.29. The minimum atomic E-state index is -1.22. The van der Waals surface area contributed by atoms with Crippen molar-refractivity contribution in [1.82, 2.24) is 15.1 Å². The van der Waals surface area contributed by atoms with Gasteiger partial charge in [0, 0.05) is 19.9 Å². The standard InChI is InChI=1S/C10H10N4O4S/c1-5(15)8-7(9(16)17)14-10(19-8)11-3-2-6-12-4-13-18-6/h4H,2-3H2,1H3,(H,11,14)(H,16,17). The van der Waals surface area contributed by atoms with Crippen LogP contribution in [0.1, 0.15) is 33.0 Å². The number of nitrogens with zero attached hydrogens (tertiary/aromatic N) is 3. The number of carboxylic acid groups (broad SMARTS) is 1. The monoisotopic (exact) mass is 282 g/mol. The summed E-state index contributed by atoms with van der Waals surface area (Å²) in [6.07, 6.45) is 1.78. The molecule has 0 aliphatic rings. The first-order chi connectivity index (χ1) is 9.08. The number of thiazole rings is 1. The molecule has 0 atom stereocenters. The first kappa shape index (κ1) is 13.1. The average molecular weight is 282 g/mol. The number of aromatic nitrogens is 3. The summed E-state index contributed by atoms with van der Waals surface area (Å²) < 4.78 is 4.81. The molecule has 0 fully saturated rings. The molecule has 0 saturated carbocycles. The van der Waals surface area contributed by atoms with E-state index in [0.29, 0.717) is 24.0 Å². The minimum absolute atomic E-state index is 0.132. The van der Waals surface area contributed by atoms with Crippen LogP contribution in [0.25, 0.3) is 0 Å². The molecular weight excluding hydrogens is 272 g/mol. The first-order valence-corrected chi connectivity index (χ1v) is 6.14. The Balaban J connectivity index is 2.02. The summed E-state index contributed by atoms with van der Waals surface area (Å²) in [5, 5.41) is 15.7. The molecule has 100 valence electrons. The number of anilines is 1. The largest absolute Gasteiger partial charge is 0.476 e. The van der Waals surface area contributed by atoms with E-state index in [1.165, 1.54) is 13.3 Å². The van der Waals surface area contributed by atoms with Crippen LogP contribution in [0.5, 0.6) is 0 Å². The van der Waals surface area contributed by atoms with Crippen LogP contribution in [0, 0.1) is 0 Å². The molecule has 2 rings (SSSR count). The fourth-order valence-electron chi connectivity index (χ4n) is 1.36. The van der Waals surface area contributed by atoms with Crippen molar-refractivity contribution in [3.8, 4) is 0 Å². The molecule has 19 heavy (non-hydrogen) atoms. The zero-order valence-electron chi connectivity index (χ0n) is 9.91. The van der Waals surface area contributed by atoms with Gasteiger partial charge in [-0.15, -0.1) is 0 Å². The number of carbonyl (C=O) groups excluding carboxylic acids is 1. The van der Waals surface area contributed by atoms with E-state index in [0.717, 1.165) is 11.3 Å². The van der Waals surface area contributed by atoms with Crippen LogP contribution < -0.4 is 5.32 Å². The second-order valence-corrected chi connectivity index (χ2v) is 4.57. The van der Waals surface area contributed by atoms with Gasteiger partial charge in [0.1, 0.15) is 4.88 Å². The van der Waals surface area contributed by atoms with Gasteiger partial charge in [-0.1, -0.05) is 16.5 Å². The summed E-state index contributed by atoms with van der Waals surface area (Å²) in [6, 6.07) is 0. The van der Waals surface area contributed by atoms with E-state index >= 15 is 0 Å². The summed E-state index contributed by atoms with van der Waals surface area (Å²) in [5.74, 6) is -1.07. The van der Waals surface area contributed by atoms with Crippen molar-refractivity contribution in [3.63, 3.8) is 0 Å². The van der Waals surface area contributed by atoms with Crippen LogP contribution in [0.4, 0.5) is 5.13 Å². The van der Waals surface area contributed by atoms with Crippen molar-refractivity contribution >= 4 is 28.2 Å². The molecule has 0 aliphatic heterocycles. The third kappa shape index (κ3) is 3.13. The number of ketones is 1. The van der Waals surface area contributed by atoms with Crippen molar-refractivity contribution in [2.75, 3.05) is 11.9 Å². The molecule has 2 heterocycles. The van der Waals surface area contributed by atoms with Crippen LogP contribution in [0.2, 0.25) is 0 Å². The van der Waals surface area contributed by atoms with Crippen LogP contribution in [0.15, 0.2) is 10.9 Å². The first-order valence-electron chi connectivity index (χ1n) is 5.32. The highest BCUT2D eigenvalue weighted by molar-refractivity contribution is 7.17. The second-order valence-electron chi connectivity index (χ2n) is 3.57. The van der Waals surface area contributed by atoms with Gasteiger partial charge in [-0.05, 0) is 0 Å². The molecule has 0 bridgehead atoms. The zero-order valence-corrected chi connectivity index (χ0v) is 10.7. The van der Waals surface area contributed by atoms with Gasteiger partial charge in [-0.2, -0.15) is 4.98 Å². The molecule has 0 aromatic carbocycles.